The maximum absolute atomic E-state index is 13.5. The highest BCUT2D eigenvalue weighted by atomic mass is 19.1. The molecule has 1 aromatic rings. The Balaban J connectivity index is 3.09. The zero-order chi connectivity index (χ0) is 12.8. The molecule has 0 radical (unpaired) electrons. The molecule has 0 spiro atoms. The second kappa shape index (κ2) is 6.23. The number of carboxylic acids is 1. The molecule has 1 rings (SSSR count). The van der Waals surface area contributed by atoms with Gasteiger partial charge in [-0.25, -0.2) is 9.18 Å². The van der Waals surface area contributed by atoms with Crippen molar-refractivity contribution in [2.75, 3.05) is 18.0 Å². The highest BCUT2D eigenvalue weighted by Crippen LogP contribution is 2.23. The van der Waals surface area contributed by atoms with Crippen molar-refractivity contribution in [2.24, 2.45) is 0 Å². The lowest BCUT2D eigenvalue weighted by Gasteiger charge is -2.24. The smallest absolute Gasteiger partial charge is 0.340 e. The molecule has 0 aliphatic rings. The van der Waals surface area contributed by atoms with Crippen LogP contribution in [-0.4, -0.2) is 24.2 Å². The Hall–Kier alpha value is -1.58. The molecular weight excluding hydrogens is 221 g/mol. The quantitative estimate of drug-likeness (QED) is 0.829. The van der Waals surface area contributed by atoms with E-state index in [0.717, 1.165) is 19.4 Å². The van der Waals surface area contributed by atoms with Gasteiger partial charge in [0.2, 0.25) is 0 Å². The minimum Gasteiger partial charge on any atom is -0.478 e. The van der Waals surface area contributed by atoms with Crippen molar-refractivity contribution >= 4 is 11.7 Å². The number of halogens is 1. The van der Waals surface area contributed by atoms with Crippen LogP contribution in [0.1, 0.15) is 37.0 Å². The maximum Gasteiger partial charge on any atom is 0.340 e. The highest BCUT2D eigenvalue weighted by Gasteiger charge is 2.18. The minimum atomic E-state index is -1.21. The van der Waals surface area contributed by atoms with Crippen molar-refractivity contribution in [1.82, 2.24) is 0 Å². The fourth-order valence-corrected chi connectivity index (χ4v) is 1.79. The fraction of sp³-hybridized carbons (Fsp3) is 0.462. The summed E-state index contributed by atoms with van der Waals surface area (Å²) in [6, 6.07) is 4.39. The second-order valence-electron chi connectivity index (χ2n) is 3.87. The standard InChI is InChI=1S/C13H18FNO2/c1-3-5-9-15(4-2)11-8-6-7-10(14)12(11)13(16)17/h6-8H,3-5,9H2,1-2H3,(H,16,17). The van der Waals surface area contributed by atoms with E-state index in [2.05, 4.69) is 6.92 Å². The normalized spacial score (nSPS) is 10.3. The number of carbonyl (C=O) groups is 1. The molecule has 0 aromatic heterocycles. The van der Waals surface area contributed by atoms with Gasteiger partial charge < -0.3 is 10.0 Å². The Bertz CT molecular complexity index is 393. The lowest BCUT2D eigenvalue weighted by atomic mass is 10.1. The van der Waals surface area contributed by atoms with Crippen LogP contribution in [0.25, 0.3) is 0 Å². The summed E-state index contributed by atoms with van der Waals surface area (Å²) < 4.78 is 13.5. The van der Waals surface area contributed by atoms with Crippen LogP contribution in [0, 0.1) is 5.82 Å². The molecule has 0 bridgehead atoms. The summed E-state index contributed by atoms with van der Waals surface area (Å²) >= 11 is 0. The molecule has 4 heteroatoms. The minimum absolute atomic E-state index is 0.231. The third-order valence-electron chi connectivity index (χ3n) is 2.71. The van der Waals surface area contributed by atoms with E-state index in [-0.39, 0.29) is 5.56 Å². The Labute approximate surface area is 101 Å². The summed E-state index contributed by atoms with van der Waals surface area (Å²) in [5.74, 6) is -1.89. The van der Waals surface area contributed by atoms with Gasteiger partial charge in [0.15, 0.2) is 0 Å². The van der Waals surface area contributed by atoms with Gasteiger partial charge in [-0.05, 0) is 25.5 Å². The van der Waals surface area contributed by atoms with E-state index < -0.39 is 11.8 Å². The van der Waals surface area contributed by atoms with E-state index >= 15 is 0 Å². The lowest BCUT2D eigenvalue weighted by Crippen LogP contribution is -2.26. The van der Waals surface area contributed by atoms with Crippen LogP contribution in [-0.2, 0) is 0 Å². The first-order valence-electron chi connectivity index (χ1n) is 5.88. The van der Waals surface area contributed by atoms with Gasteiger partial charge >= 0.3 is 5.97 Å². The second-order valence-corrected chi connectivity index (χ2v) is 3.87. The molecule has 1 N–H and O–H groups in total. The molecule has 0 fully saturated rings. The van der Waals surface area contributed by atoms with Gasteiger partial charge in [0.25, 0.3) is 0 Å². The van der Waals surface area contributed by atoms with Crippen molar-refractivity contribution in [3.05, 3.63) is 29.6 Å². The van der Waals surface area contributed by atoms with Gasteiger partial charge in [-0.15, -0.1) is 0 Å². The largest absolute Gasteiger partial charge is 0.478 e. The molecule has 17 heavy (non-hydrogen) atoms. The number of hydrogen-bond acceptors (Lipinski definition) is 2. The number of anilines is 1. The SMILES string of the molecule is CCCCN(CC)c1cccc(F)c1C(=O)O. The first kappa shape index (κ1) is 13.5. The summed E-state index contributed by atoms with van der Waals surface area (Å²) in [5.41, 5.74) is 0.235. The lowest BCUT2D eigenvalue weighted by molar-refractivity contribution is 0.0692. The average molecular weight is 239 g/mol. The van der Waals surface area contributed by atoms with Crippen LogP contribution < -0.4 is 4.90 Å². The maximum atomic E-state index is 13.5. The van der Waals surface area contributed by atoms with Crippen LogP contribution in [0.2, 0.25) is 0 Å². The number of rotatable bonds is 6. The molecule has 3 nitrogen and oxygen atoms in total. The summed E-state index contributed by atoms with van der Waals surface area (Å²) in [6.07, 6.45) is 1.98. The molecule has 1 aromatic carbocycles. The third-order valence-corrected chi connectivity index (χ3v) is 2.71. The molecular formula is C13H18FNO2. The van der Waals surface area contributed by atoms with Crippen LogP contribution in [0.5, 0.6) is 0 Å². The monoisotopic (exact) mass is 239 g/mol. The molecule has 0 saturated carbocycles. The highest BCUT2D eigenvalue weighted by molar-refractivity contribution is 5.94. The first-order chi connectivity index (χ1) is 8.11. The van der Waals surface area contributed by atoms with E-state index in [1.807, 2.05) is 11.8 Å². The Kier molecular flexibility index (Phi) is 4.94. The van der Waals surface area contributed by atoms with Gasteiger partial charge in [-0.1, -0.05) is 19.4 Å². The number of carboxylic acid groups (broad SMARTS) is 1. The van der Waals surface area contributed by atoms with Crippen molar-refractivity contribution in [2.45, 2.75) is 26.7 Å². The Morgan fingerprint density at radius 1 is 1.41 bits per heavy atom. The van der Waals surface area contributed by atoms with Crippen LogP contribution in [0.4, 0.5) is 10.1 Å². The molecule has 0 atom stereocenters. The van der Waals surface area contributed by atoms with Crippen LogP contribution in [0.15, 0.2) is 18.2 Å². The van der Waals surface area contributed by atoms with Crippen molar-refractivity contribution < 1.29 is 14.3 Å². The summed E-state index contributed by atoms with van der Waals surface area (Å²) in [4.78, 5) is 13.0. The molecule has 0 amide bonds. The number of aromatic carboxylic acids is 1. The van der Waals surface area contributed by atoms with Gasteiger partial charge in [0.05, 0.1) is 5.69 Å². The average Bonchev–Trinajstić information content (AvgIpc) is 2.29. The zero-order valence-electron chi connectivity index (χ0n) is 10.2. The zero-order valence-corrected chi connectivity index (χ0v) is 10.2. The van der Waals surface area contributed by atoms with E-state index in [1.54, 1.807) is 12.1 Å². The van der Waals surface area contributed by atoms with Gasteiger partial charge in [0.1, 0.15) is 11.4 Å². The van der Waals surface area contributed by atoms with E-state index in [0.29, 0.717) is 12.2 Å². The van der Waals surface area contributed by atoms with Crippen molar-refractivity contribution in [3.63, 3.8) is 0 Å². The first-order valence-corrected chi connectivity index (χ1v) is 5.88. The van der Waals surface area contributed by atoms with Gasteiger partial charge in [-0.3, -0.25) is 0 Å². The molecule has 94 valence electrons. The van der Waals surface area contributed by atoms with Crippen LogP contribution in [0.3, 0.4) is 0 Å². The Morgan fingerprint density at radius 3 is 2.65 bits per heavy atom. The fourth-order valence-electron chi connectivity index (χ4n) is 1.79. The number of unbranched alkanes of at least 4 members (excludes halogenated alkanes) is 1. The molecule has 0 aliphatic carbocycles. The van der Waals surface area contributed by atoms with Gasteiger partial charge in [0, 0.05) is 13.1 Å². The van der Waals surface area contributed by atoms with E-state index in [4.69, 9.17) is 5.11 Å². The van der Waals surface area contributed by atoms with E-state index in [1.165, 1.54) is 6.07 Å². The van der Waals surface area contributed by atoms with Crippen LogP contribution >= 0.6 is 0 Å². The summed E-state index contributed by atoms with van der Waals surface area (Å²) in [5, 5.41) is 9.05. The summed E-state index contributed by atoms with van der Waals surface area (Å²) in [7, 11) is 0. The van der Waals surface area contributed by atoms with E-state index in [9.17, 15) is 9.18 Å². The summed E-state index contributed by atoms with van der Waals surface area (Å²) in [6.45, 7) is 5.42. The van der Waals surface area contributed by atoms with Crippen molar-refractivity contribution in [3.8, 4) is 0 Å². The topological polar surface area (TPSA) is 40.5 Å². The third kappa shape index (κ3) is 3.19. The number of hydrogen-bond donors (Lipinski definition) is 1. The van der Waals surface area contributed by atoms with Crippen molar-refractivity contribution in [1.29, 1.82) is 0 Å². The molecule has 0 saturated heterocycles. The number of benzene rings is 1. The molecule has 0 aliphatic heterocycles. The molecule has 0 unspecified atom stereocenters. The number of nitrogens with zero attached hydrogens (tertiary/aromatic N) is 1. The predicted molar refractivity (Wildman–Crippen MR) is 66.2 cm³/mol. The van der Waals surface area contributed by atoms with Gasteiger partial charge in [-0.2, -0.15) is 0 Å². The Morgan fingerprint density at radius 2 is 2.12 bits per heavy atom. The molecule has 0 heterocycles. The predicted octanol–water partition coefficient (Wildman–Crippen LogP) is 3.15.